The van der Waals surface area contributed by atoms with Crippen LogP contribution in [0.5, 0.6) is 0 Å². The predicted octanol–water partition coefficient (Wildman–Crippen LogP) is 6.42. The van der Waals surface area contributed by atoms with Crippen molar-refractivity contribution >= 4 is 60.5 Å². The highest BCUT2D eigenvalue weighted by atomic mass is 79.9. The average molecular weight is 462 g/mol. The lowest BCUT2D eigenvalue weighted by Gasteiger charge is -2.05. The van der Waals surface area contributed by atoms with Gasteiger partial charge in [0.05, 0.1) is 21.6 Å². The Kier molecular flexibility index (Phi) is 4.33. The molecule has 4 aromatic rings. The second-order valence-electron chi connectivity index (χ2n) is 7.07. The molecule has 29 heavy (non-hydrogen) atoms. The number of anilines is 1. The van der Waals surface area contributed by atoms with Crippen LogP contribution in [0.1, 0.15) is 16.7 Å². The number of aryl methyl sites for hydroxylation is 2. The van der Waals surface area contributed by atoms with Crippen molar-refractivity contribution in [2.24, 2.45) is 4.99 Å². The first kappa shape index (κ1) is 18.2. The van der Waals surface area contributed by atoms with Crippen LogP contribution < -0.4 is 5.32 Å². The third-order valence-electron chi connectivity index (χ3n) is 4.93. The summed E-state index contributed by atoms with van der Waals surface area (Å²) in [4.78, 5) is 21.8. The zero-order chi connectivity index (χ0) is 20.1. The van der Waals surface area contributed by atoms with E-state index >= 15 is 0 Å². The summed E-state index contributed by atoms with van der Waals surface area (Å²) < 4.78 is 2.08. The van der Waals surface area contributed by atoms with Crippen molar-refractivity contribution in [3.05, 3.63) is 75.8 Å². The molecule has 0 aliphatic carbocycles. The van der Waals surface area contributed by atoms with E-state index in [-0.39, 0.29) is 5.91 Å². The lowest BCUT2D eigenvalue weighted by Crippen LogP contribution is -2.14. The van der Waals surface area contributed by atoms with E-state index in [9.17, 15) is 4.79 Å². The number of aliphatic imine (C=N–C) groups is 1. The first-order valence-electron chi connectivity index (χ1n) is 9.17. The maximum absolute atomic E-state index is 12.4. The number of amides is 1. The van der Waals surface area contributed by atoms with Gasteiger partial charge in [-0.1, -0.05) is 12.1 Å². The number of nitrogens with one attached hydrogen (secondary N) is 1. The molecule has 1 aliphatic rings. The monoisotopic (exact) mass is 461 g/mol. The smallest absolute Gasteiger partial charge is 0.275 e. The van der Waals surface area contributed by atoms with E-state index in [4.69, 9.17) is 4.98 Å². The molecule has 1 N–H and O–H groups in total. The van der Waals surface area contributed by atoms with Gasteiger partial charge in [0.15, 0.2) is 0 Å². The van der Waals surface area contributed by atoms with Crippen molar-refractivity contribution in [3.8, 4) is 10.6 Å². The normalized spacial score (nSPS) is 14.4. The molecule has 0 saturated heterocycles. The maximum atomic E-state index is 12.4. The van der Waals surface area contributed by atoms with Gasteiger partial charge in [-0.3, -0.25) is 4.79 Å². The number of carbonyl (C=O) groups is 1. The lowest BCUT2D eigenvalue weighted by molar-refractivity contribution is -0.110. The zero-order valence-electron chi connectivity index (χ0n) is 15.8. The highest BCUT2D eigenvalue weighted by Gasteiger charge is 2.28. The van der Waals surface area contributed by atoms with Crippen molar-refractivity contribution in [1.82, 2.24) is 4.98 Å². The molecule has 1 aromatic heterocycles. The minimum absolute atomic E-state index is 0.183. The number of carbonyl (C=O) groups excluding carboxylic acids is 1. The molecule has 0 unspecified atom stereocenters. The molecule has 1 amide bonds. The van der Waals surface area contributed by atoms with Gasteiger partial charge in [-0.15, -0.1) is 11.3 Å². The molecular weight excluding hydrogens is 446 g/mol. The topological polar surface area (TPSA) is 54.4 Å². The molecule has 0 saturated carbocycles. The van der Waals surface area contributed by atoms with Crippen molar-refractivity contribution in [2.75, 3.05) is 5.32 Å². The van der Waals surface area contributed by atoms with Crippen LogP contribution in [0, 0.1) is 13.8 Å². The van der Waals surface area contributed by atoms with Gasteiger partial charge in [-0.25, -0.2) is 9.98 Å². The standard InChI is InChI=1S/C23H16BrN3OS/c1-12-3-9-16-18(11-12)29-23(27-16)14-5-7-15(8-6-14)25-21-19-17(26-22(21)28)10-4-13(2)20(19)24/h3-11H,1-2H3,(H,25,26,28). The molecule has 5 rings (SSSR count). The van der Waals surface area contributed by atoms with Gasteiger partial charge in [0.25, 0.3) is 5.91 Å². The number of aromatic nitrogens is 1. The zero-order valence-corrected chi connectivity index (χ0v) is 18.2. The molecule has 1 aliphatic heterocycles. The van der Waals surface area contributed by atoms with Crippen molar-refractivity contribution in [1.29, 1.82) is 0 Å². The largest absolute Gasteiger partial charge is 0.320 e. The second kappa shape index (κ2) is 6.90. The van der Waals surface area contributed by atoms with Crippen molar-refractivity contribution < 1.29 is 4.79 Å². The van der Waals surface area contributed by atoms with Crippen molar-refractivity contribution in [2.45, 2.75) is 13.8 Å². The Hall–Kier alpha value is -2.83. The number of hydrogen-bond donors (Lipinski definition) is 1. The Morgan fingerprint density at radius 2 is 1.83 bits per heavy atom. The van der Waals surface area contributed by atoms with E-state index in [0.29, 0.717) is 5.71 Å². The molecule has 0 spiro atoms. The molecule has 142 valence electrons. The molecule has 6 heteroatoms. The van der Waals surface area contributed by atoms with E-state index in [0.717, 1.165) is 43.1 Å². The summed E-state index contributed by atoms with van der Waals surface area (Å²) in [7, 11) is 0. The minimum Gasteiger partial charge on any atom is -0.320 e. The molecule has 4 nitrogen and oxygen atoms in total. The molecule has 3 aromatic carbocycles. The minimum atomic E-state index is -0.183. The van der Waals surface area contributed by atoms with Gasteiger partial charge < -0.3 is 5.32 Å². The Labute approximate surface area is 180 Å². The fourth-order valence-electron chi connectivity index (χ4n) is 3.38. The third kappa shape index (κ3) is 3.18. The summed E-state index contributed by atoms with van der Waals surface area (Å²) >= 11 is 5.28. The summed E-state index contributed by atoms with van der Waals surface area (Å²) in [6, 6.07) is 18.0. The number of thiazole rings is 1. The van der Waals surface area contributed by atoms with Gasteiger partial charge in [-0.05, 0) is 83.4 Å². The SMILES string of the molecule is Cc1ccc2nc(-c3ccc(N=C4C(=O)Nc5ccc(C)c(Br)c54)cc3)sc2c1. The first-order chi connectivity index (χ1) is 14.0. The summed E-state index contributed by atoms with van der Waals surface area (Å²) in [6.07, 6.45) is 0. The van der Waals surface area contributed by atoms with Crippen LogP contribution in [0.3, 0.4) is 0 Å². The molecule has 2 heterocycles. The molecule has 0 atom stereocenters. The summed E-state index contributed by atoms with van der Waals surface area (Å²) in [5, 5.41) is 3.86. The fraction of sp³-hybridized carbons (Fsp3) is 0.0870. The second-order valence-corrected chi connectivity index (χ2v) is 8.89. The number of nitrogens with zero attached hydrogens (tertiary/aromatic N) is 2. The van der Waals surface area contributed by atoms with Gasteiger partial charge in [0, 0.05) is 15.6 Å². The van der Waals surface area contributed by atoms with E-state index in [2.05, 4.69) is 51.4 Å². The molecule has 0 fully saturated rings. The quantitative estimate of drug-likeness (QED) is 0.374. The van der Waals surface area contributed by atoms with Crippen LogP contribution in [0.25, 0.3) is 20.8 Å². The van der Waals surface area contributed by atoms with Crippen molar-refractivity contribution in [3.63, 3.8) is 0 Å². The van der Waals surface area contributed by atoms with Gasteiger partial charge in [-0.2, -0.15) is 0 Å². The van der Waals surface area contributed by atoms with Gasteiger partial charge >= 0.3 is 0 Å². The van der Waals surface area contributed by atoms with Gasteiger partial charge in [0.2, 0.25) is 0 Å². The Bertz CT molecular complexity index is 1320. The van der Waals surface area contributed by atoms with Crippen LogP contribution in [-0.2, 0) is 4.79 Å². The average Bonchev–Trinajstić information content (AvgIpc) is 3.26. The van der Waals surface area contributed by atoms with Crippen LogP contribution in [0.2, 0.25) is 0 Å². The Morgan fingerprint density at radius 1 is 1.03 bits per heavy atom. The number of benzene rings is 3. The Morgan fingerprint density at radius 3 is 2.62 bits per heavy atom. The number of hydrogen-bond acceptors (Lipinski definition) is 4. The van der Waals surface area contributed by atoms with E-state index in [1.165, 1.54) is 10.3 Å². The fourth-order valence-corrected chi connectivity index (χ4v) is 4.98. The predicted molar refractivity (Wildman–Crippen MR) is 123 cm³/mol. The van der Waals surface area contributed by atoms with Crippen LogP contribution in [-0.4, -0.2) is 16.6 Å². The van der Waals surface area contributed by atoms with Gasteiger partial charge in [0.1, 0.15) is 10.7 Å². The number of halogens is 1. The summed E-state index contributed by atoms with van der Waals surface area (Å²) in [6.45, 7) is 4.09. The summed E-state index contributed by atoms with van der Waals surface area (Å²) in [5.41, 5.74) is 7.12. The third-order valence-corrected chi connectivity index (χ3v) is 7.02. The highest BCUT2D eigenvalue weighted by molar-refractivity contribution is 9.10. The molecule has 0 radical (unpaired) electrons. The molecular formula is C23H16BrN3OS. The van der Waals surface area contributed by atoms with E-state index in [1.807, 2.05) is 43.3 Å². The van der Waals surface area contributed by atoms with Crippen LogP contribution in [0.4, 0.5) is 11.4 Å². The van der Waals surface area contributed by atoms with E-state index < -0.39 is 0 Å². The molecule has 0 bridgehead atoms. The number of fused-ring (bicyclic) bond motifs is 2. The highest BCUT2D eigenvalue weighted by Crippen LogP contribution is 2.35. The number of rotatable bonds is 2. The Balaban J connectivity index is 1.51. The van der Waals surface area contributed by atoms with Crippen LogP contribution in [0.15, 0.2) is 64.1 Å². The summed E-state index contributed by atoms with van der Waals surface area (Å²) in [5.74, 6) is -0.183. The maximum Gasteiger partial charge on any atom is 0.275 e. The van der Waals surface area contributed by atoms with Crippen LogP contribution >= 0.6 is 27.3 Å². The lowest BCUT2D eigenvalue weighted by atomic mass is 10.1. The van der Waals surface area contributed by atoms with E-state index in [1.54, 1.807) is 11.3 Å². The first-order valence-corrected chi connectivity index (χ1v) is 10.8.